The summed E-state index contributed by atoms with van der Waals surface area (Å²) in [4.78, 5) is 0. The van der Waals surface area contributed by atoms with Gasteiger partial charge in [0.05, 0.1) is 0 Å². The molecule has 0 aliphatic carbocycles. The van der Waals surface area contributed by atoms with Gasteiger partial charge in [-0.15, -0.1) is 13.2 Å². The minimum Gasteiger partial charge on any atom is -0.156 e. The van der Waals surface area contributed by atoms with Crippen molar-refractivity contribution in [3.63, 3.8) is 0 Å². The van der Waals surface area contributed by atoms with Crippen LogP contribution in [-0.2, 0) is 0 Å². The molecule has 0 heterocycles. The zero-order chi connectivity index (χ0) is 9.83. The summed E-state index contributed by atoms with van der Waals surface area (Å²) in [6.45, 7) is 14.7. The van der Waals surface area contributed by atoms with Gasteiger partial charge in [-0.05, 0) is 6.04 Å². The molecule has 12 heavy (non-hydrogen) atoms. The van der Waals surface area contributed by atoms with Crippen LogP contribution in [0.15, 0.2) is 24.6 Å². The molecule has 0 aromatic rings. The van der Waals surface area contributed by atoms with Gasteiger partial charge in [0.25, 0.3) is 0 Å². The van der Waals surface area contributed by atoms with Gasteiger partial charge in [-0.1, -0.05) is 37.1 Å². The van der Waals surface area contributed by atoms with E-state index in [4.69, 9.17) is 11.1 Å². The summed E-state index contributed by atoms with van der Waals surface area (Å²) in [5.41, 5.74) is 3.84. The summed E-state index contributed by atoms with van der Waals surface area (Å²) in [6.07, 6.45) is 0. The lowest BCUT2D eigenvalue weighted by Gasteiger charge is -2.21. The highest BCUT2D eigenvalue weighted by molar-refractivity contribution is 7.26. The first-order chi connectivity index (χ1) is 5.33. The summed E-state index contributed by atoms with van der Waals surface area (Å²) in [6, 6.07) is 2.39. The molecule has 0 spiro atoms. The smallest absolute Gasteiger partial charge is 0.156 e. The van der Waals surface area contributed by atoms with E-state index < -0.39 is 15.5 Å². The second kappa shape index (κ2) is 4.44. The topological polar surface area (TPSA) is 0 Å². The zero-order valence-corrected chi connectivity index (χ0v) is 11.1. The van der Waals surface area contributed by atoms with Gasteiger partial charge in [0, 0.05) is 8.07 Å². The van der Waals surface area contributed by atoms with Crippen LogP contribution in [0, 0.1) is 0 Å². The highest BCUT2D eigenvalue weighted by atomic mass is 35.6. The normalized spacial score (nSPS) is 12.7. The summed E-state index contributed by atoms with van der Waals surface area (Å²) >= 11 is 6.34. The Bertz CT molecular complexity index is 162. The van der Waals surface area contributed by atoms with Crippen molar-refractivity contribution < 1.29 is 0 Å². The molecule has 0 saturated carbocycles. The maximum absolute atomic E-state index is 6.34. The average Bonchev–Trinajstić information content (AvgIpc) is 1.99. The van der Waals surface area contributed by atoms with E-state index >= 15 is 0 Å². The van der Waals surface area contributed by atoms with Gasteiger partial charge in [-0.2, -0.15) is 11.1 Å². The van der Waals surface area contributed by atoms with Gasteiger partial charge in [0.15, 0.2) is 0 Å². The van der Waals surface area contributed by atoms with Crippen molar-refractivity contribution in [1.82, 2.24) is 0 Å². The van der Waals surface area contributed by atoms with Crippen LogP contribution in [0.5, 0.6) is 0 Å². The quantitative estimate of drug-likeness (QED) is 0.484. The molecule has 0 nitrogen and oxygen atoms in total. The maximum Gasteiger partial charge on any atom is 0.201 e. The Labute approximate surface area is 83.1 Å². The zero-order valence-electron chi connectivity index (χ0n) is 8.36. The highest BCUT2D eigenvalue weighted by Gasteiger charge is 2.25. The first kappa shape index (κ1) is 12.2. The van der Waals surface area contributed by atoms with Crippen LogP contribution in [0.25, 0.3) is 0 Å². The van der Waals surface area contributed by atoms with Crippen LogP contribution in [0.3, 0.4) is 0 Å². The number of halogens is 1. The summed E-state index contributed by atoms with van der Waals surface area (Å²) in [7, 11) is -2.72. The van der Waals surface area contributed by atoms with E-state index in [1.807, 2.05) is 11.4 Å². The Hall–Kier alpha value is 0.204. The molecule has 0 radical (unpaired) electrons. The number of rotatable bonds is 5. The second-order valence-corrected chi connectivity index (χ2v) is 15.3. The Morgan fingerprint density at radius 2 is 1.50 bits per heavy atom. The van der Waals surface area contributed by atoms with Gasteiger partial charge >= 0.3 is 0 Å². The monoisotopic (exact) mass is 218 g/mol. The Morgan fingerprint density at radius 3 is 1.75 bits per heavy atom. The Morgan fingerprint density at radius 1 is 1.08 bits per heavy atom. The van der Waals surface area contributed by atoms with E-state index in [0.29, 0.717) is 0 Å². The molecule has 0 aliphatic rings. The van der Waals surface area contributed by atoms with E-state index in [0.717, 1.165) is 6.04 Å². The predicted molar refractivity (Wildman–Crippen MR) is 65.0 cm³/mol. The third kappa shape index (κ3) is 4.96. The van der Waals surface area contributed by atoms with E-state index in [-0.39, 0.29) is 0 Å². The first-order valence-corrected chi connectivity index (χ1v) is 11.4. The van der Waals surface area contributed by atoms with Gasteiger partial charge in [0.1, 0.15) is 0 Å². The SMILES string of the molecule is C=C[Si](Cl)(C=C)CC[Si](C)(C)C. The number of hydrogen-bond acceptors (Lipinski definition) is 0. The first-order valence-electron chi connectivity index (χ1n) is 4.29. The van der Waals surface area contributed by atoms with Crippen molar-refractivity contribution in [2.45, 2.75) is 31.7 Å². The summed E-state index contributed by atoms with van der Waals surface area (Å²) < 4.78 is 0. The molecule has 0 fully saturated rings. The van der Waals surface area contributed by atoms with Crippen LogP contribution in [-0.4, -0.2) is 15.5 Å². The molecule has 0 saturated heterocycles. The molecule has 0 N–H and O–H groups in total. The predicted octanol–water partition coefficient (Wildman–Crippen LogP) is 3.96. The third-order valence-corrected chi connectivity index (χ3v) is 8.05. The Kier molecular flexibility index (Phi) is 4.52. The molecule has 0 atom stereocenters. The van der Waals surface area contributed by atoms with E-state index in [2.05, 4.69) is 32.8 Å². The maximum atomic E-state index is 6.34. The van der Waals surface area contributed by atoms with Gasteiger partial charge in [-0.25, -0.2) is 0 Å². The largest absolute Gasteiger partial charge is 0.201 e. The lowest BCUT2D eigenvalue weighted by molar-refractivity contribution is 1.31. The second-order valence-electron chi connectivity index (χ2n) is 4.40. The molecule has 0 rings (SSSR count). The summed E-state index contributed by atoms with van der Waals surface area (Å²) in [5, 5.41) is 0. The van der Waals surface area contributed by atoms with Gasteiger partial charge < -0.3 is 0 Å². The van der Waals surface area contributed by atoms with Crippen molar-refractivity contribution >= 4 is 26.5 Å². The average molecular weight is 219 g/mol. The van der Waals surface area contributed by atoms with Crippen LogP contribution in [0.1, 0.15) is 0 Å². The van der Waals surface area contributed by atoms with Crippen molar-refractivity contribution in [2.24, 2.45) is 0 Å². The minimum atomic E-state index is -1.77. The molecule has 0 aliphatic heterocycles. The molecule has 70 valence electrons. The molecule has 0 unspecified atom stereocenters. The van der Waals surface area contributed by atoms with Crippen LogP contribution in [0.2, 0.25) is 31.7 Å². The van der Waals surface area contributed by atoms with Crippen molar-refractivity contribution in [3.8, 4) is 0 Å². The molecule has 0 aromatic heterocycles. The minimum absolute atomic E-state index is 0.945. The fraction of sp³-hybridized carbons (Fsp3) is 0.556. The van der Waals surface area contributed by atoms with Crippen molar-refractivity contribution in [1.29, 1.82) is 0 Å². The highest BCUT2D eigenvalue weighted by Crippen LogP contribution is 2.24. The summed E-state index contributed by atoms with van der Waals surface area (Å²) in [5.74, 6) is 0. The standard InChI is InChI=1S/C9H19ClSi2/c1-6-12(10,7-2)9-8-11(3,4)5/h6-7H,1-2,8-9H2,3-5H3. The molecule has 0 bridgehead atoms. The van der Waals surface area contributed by atoms with Gasteiger partial charge in [0.2, 0.25) is 7.38 Å². The van der Waals surface area contributed by atoms with Crippen LogP contribution >= 0.6 is 11.1 Å². The lowest BCUT2D eigenvalue weighted by Crippen LogP contribution is -2.27. The van der Waals surface area contributed by atoms with E-state index in [1.54, 1.807) is 0 Å². The third-order valence-electron chi connectivity index (χ3n) is 1.94. The van der Waals surface area contributed by atoms with Gasteiger partial charge in [-0.3, -0.25) is 0 Å². The van der Waals surface area contributed by atoms with Crippen molar-refractivity contribution in [3.05, 3.63) is 24.6 Å². The number of hydrogen-bond donors (Lipinski definition) is 0. The molecular formula is C9H19ClSi2. The molecular weight excluding hydrogens is 200 g/mol. The van der Waals surface area contributed by atoms with E-state index in [9.17, 15) is 0 Å². The van der Waals surface area contributed by atoms with E-state index in [1.165, 1.54) is 6.04 Å². The van der Waals surface area contributed by atoms with Crippen LogP contribution < -0.4 is 0 Å². The van der Waals surface area contributed by atoms with Crippen LogP contribution in [0.4, 0.5) is 0 Å². The lowest BCUT2D eigenvalue weighted by atomic mass is 10.9. The molecule has 0 amide bonds. The molecule has 3 heteroatoms. The fourth-order valence-electron chi connectivity index (χ4n) is 0.854. The fourth-order valence-corrected chi connectivity index (χ4v) is 6.81. The van der Waals surface area contributed by atoms with Crippen molar-refractivity contribution in [2.75, 3.05) is 0 Å². The molecule has 0 aromatic carbocycles. The Balaban J connectivity index is 4.06.